The van der Waals surface area contributed by atoms with E-state index in [4.69, 9.17) is 15.2 Å². The van der Waals surface area contributed by atoms with Gasteiger partial charge in [-0.1, -0.05) is 0 Å². The van der Waals surface area contributed by atoms with E-state index in [1.165, 1.54) is 0 Å². The summed E-state index contributed by atoms with van der Waals surface area (Å²) >= 11 is 0. The van der Waals surface area contributed by atoms with E-state index in [-0.39, 0.29) is 11.6 Å². The highest BCUT2D eigenvalue weighted by atomic mass is 16.6. The molecule has 0 bridgehead atoms. The number of rotatable bonds is 3. The van der Waals surface area contributed by atoms with Crippen LogP contribution in [0.2, 0.25) is 0 Å². The second-order valence-electron chi connectivity index (χ2n) is 4.72. The van der Waals surface area contributed by atoms with Crippen molar-refractivity contribution in [1.82, 2.24) is 9.55 Å². The monoisotopic (exact) mass is 225 g/mol. The third-order valence-electron chi connectivity index (χ3n) is 2.66. The first kappa shape index (κ1) is 11.6. The zero-order valence-corrected chi connectivity index (χ0v) is 9.85. The molecule has 2 rings (SSSR count). The van der Waals surface area contributed by atoms with Gasteiger partial charge in [-0.3, -0.25) is 0 Å². The lowest BCUT2D eigenvalue weighted by Gasteiger charge is -2.26. The number of nitrogens with zero attached hydrogens (tertiary/aromatic N) is 2. The Kier molecular flexibility index (Phi) is 3.28. The average molecular weight is 225 g/mol. The van der Waals surface area contributed by atoms with Gasteiger partial charge >= 0.3 is 0 Å². The highest BCUT2D eigenvalue weighted by Crippen LogP contribution is 2.17. The first-order chi connectivity index (χ1) is 7.57. The molecule has 1 aliphatic rings. The molecule has 0 radical (unpaired) electrons. The van der Waals surface area contributed by atoms with E-state index < -0.39 is 0 Å². The summed E-state index contributed by atoms with van der Waals surface area (Å²) in [6.07, 6.45) is 3.70. The highest BCUT2D eigenvalue weighted by molar-refractivity contribution is 5.10. The third-order valence-corrected chi connectivity index (χ3v) is 2.66. The van der Waals surface area contributed by atoms with Gasteiger partial charge in [0.2, 0.25) is 0 Å². The van der Waals surface area contributed by atoms with Crippen molar-refractivity contribution >= 4 is 0 Å². The number of hydrogen-bond acceptors (Lipinski definition) is 4. The Labute approximate surface area is 95.6 Å². The Bertz CT molecular complexity index is 337. The summed E-state index contributed by atoms with van der Waals surface area (Å²) in [6, 6.07) is 0. The SMILES string of the molecule is CC(C)(N)c1cncn1CC1COCCO1. The number of aromatic nitrogens is 2. The quantitative estimate of drug-likeness (QED) is 0.813. The zero-order valence-electron chi connectivity index (χ0n) is 9.85. The van der Waals surface area contributed by atoms with Gasteiger partial charge in [0.25, 0.3) is 0 Å². The number of hydrogen-bond donors (Lipinski definition) is 1. The van der Waals surface area contributed by atoms with Crippen molar-refractivity contribution in [3.8, 4) is 0 Å². The summed E-state index contributed by atoms with van der Waals surface area (Å²) in [5.74, 6) is 0. The molecule has 1 aromatic heterocycles. The van der Waals surface area contributed by atoms with E-state index in [0.717, 1.165) is 12.2 Å². The van der Waals surface area contributed by atoms with Crippen molar-refractivity contribution < 1.29 is 9.47 Å². The lowest BCUT2D eigenvalue weighted by atomic mass is 10.0. The van der Waals surface area contributed by atoms with Crippen LogP contribution in [0.5, 0.6) is 0 Å². The summed E-state index contributed by atoms with van der Waals surface area (Å²) in [4.78, 5) is 4.14. The standard InChI is InChI=1S/C11H19N3O2/c1-11(2,12)10-5-13-8-14(10)6-9-7-15-3-4-16-9/h5,8-9H,3-4,6-7,12H2,1-2H3. The molecule has 0 amide bonds. The molecule has 1 fully saturated rings. The van der Waals surface area contributed by atoms with Crippen molar-refractivity contribution in [3.05, 3.63) is 18.2 Å². The normalized spacial score (nSPS) is 22.3. The summed E-state index contributed by atoms with van der Waals surface area (Å²) in [7, 11) is 0. The van der Waals surface area contributed by atoms with Gasteiger partial charge < -0.3 is 19.8 Å². The van der Waals surface area contributed by atoms with Crippen molar-refractivity contribution in [1.29, 1.82) is 0 Å². The maximum atomic E-state index is 6.07. The molecule has 2 heterocycles. The maximum absolute atomic E-state index is 6.07. The van der Waals surface area contributed by atoms with Crippen LogP contribution >= 0.6 is 0 Å². The zero-order chi connectivity index (χ0) is 11.6. The van der Waals surface area contributed by atoms with Gasteiger partial charge in [0, 0.05) is 6.20 Å². The number of imidazole rings is 1. The van der Waals surface area contributed by atoms with Crippen LogP contribution in [0.25, 0.3) is 0 Å². The smallest absolute Gasteiger partial charge is 0.0988 e. The molecule has 1 unspecified atom stereocenters. The Morgan fingerprint density at radius 3 is 3.00 bits per heavy atom. The van der Waals surface area contributed by atoms with Gasteiger partial charge in [0.05, 0.1) is 50.0 Å². The second kappa shape index (κ2) is 4.53. The lowest BCUT2D eigenvalue weighted by Crippen LogP contribution is -2.36. The topological polar surface area (TPSA) is 62.3 Å². The number of ether oxygens (including phenoxy) is 2. The van der Waals surface area contributed by atoms with Crippen LogP contribution in [0.1, 0.15) is 19.5 Å². The fourth-order valence-electron chi connectivity index (χ4n) is 1.86. The van der Waals surface area contributed by atoms with Gasteiger partial charge in [-0.05, 0) is 13.8 Å². The Hall–Kier alpha value is -0.910. The summed E-state index contributed by atoms with van der Waals surface area (Å²) < 4.78 is 13.0. The third kappa shape index (κ3) is 2.61. The molecule has 1 atom stereocenters. The predicted molar refractivity (Wildman–Crippen MR) is 60.0 cm³/mol. The van der Waals surface area contributed by atoms with Crippen LogP contribution in [0.4, 0.5) is 0 Å². The number of nitrogens with two attached hydrogens (primary N) is 1. The van der Waals surface area contributed by atoms with Crippen LogP contribution < -0.4 is 5.73 Å². The Balaban J connectivity index is 2.06. The van der Waals surface area contributed by atoms with E-state index in [1.54, 1.807) is 6.33 Å². The van der Waals surface area contributed by atoms with Crippen molar-refractivity contribution in [3.63, 3.8) is 0 Å². The molecule has 5 nitrogen and oxygen atoms in total. The molecule has 0 spiro atoms. The van der Waals surface area contributed by atoms with E-state index in [0.29, 0.717) is 19.8 Å². The van der Waals surface area contributed by atoms with Crippen molar-refractivity contribution in [2.75, 3.05) is 19.8 Å². The molecule has 90 valence electrons. The largest absolute Gasteiger partial charge is 0.376 e. The fraction of sp³-hybridized carbons (Fsp3) is 0.727. The summed E-state index contributed by atoms with van der Waals surface area (Å²) in [5.41, 5.74) is 6.71. The first-order valence-corrected chi connectivity index (χ1v) is 5.56. The van der Waals surface area contributed by atoms with Crippen LogP contribution in [0.3, 0.4) is 0 Å². The predicted octanol–water partition coefficient (Wildman–Crippen LogP) is 0.492. The van der Waals surface area contributed by atoms with E-state index in [2.05, 4.69) is 4.98 Å². The van der Waals surface area contributed by atoms with Gasteiger partial charge in [-0.2, -0.15) is 0 Å². The van der Waals surface area contributed by atoms with E-state index in [9.17, 15) is 0 Å². The molecular weight excluding hydrogens is 206 g/mol. The average Bonchev–Trinajstić information content (AvgIpc) is 2.67. The van der Waals surface area contributed by atoms with E-state index >= 15 is 0 Å². The van der Waals surface area contributed by atoms with Gasteiger partial charge in [-0.15, -0.1) is 0 Å². The van der Waals surface area contributed by atoms with Gasteiger partial charge in [-0.25, -0.2) is 4.98 Å². The molecule has 0 saturated carbocycles. The van der Waals surface area contributed by atoms with Crippen LogP contribution in [-0.2, 0) is 21.6 Å². The Morgan fingerprint density at radius 2 is 2.38 bits per heavy atom. The minimum Gasteiger partial charge on any atom is -0.376 e. The van der Waals surface area contributed by atoms with Gasteiger partial charge in [0.1, 0.15) is 0 Å². The summed E-state index contributed by atoms with van der Waals surface area (Å²) in [6.45, 7) is 6.69. The summed E-state index contributed by atoms with van der Waals surface area (Å²) in [5, 5.41) is 0. The molecule has 1 aromatic rings. The second-order valence-corrected chi connectivity index (χ2v) is 4.72. The minimum absolute atomic E-state index is 0.101. The molecule has 0 aliphatic carbocycles. The van der Waals surface area contributed by atoms with Crippen molar-refractivity contribution in [2.24, 2.45) is 5.73 Å². The minimum atomic E-state index is -0.383. The van der Waals surface area contributed by atoms with Gasteiger partial charge in [0.15, 0.2) is 0 Å². The van der Waals surface area contributed by atoms with Crippen LogP contribution in [0, 0.1) is 0 Å². The van der Waals surface area contributed by atoms with Crippen LogP contribution in [-0.4, -0.2) is 35.5 Å². The molecule has 1 aliphatic heterocycles. The van der Waals surface area contributed by atoms with E-state index in [1.807, 2.05) is 24.6 Å². The molecule has 16 heavy (non-hydrogen) atoms. The highest BCUT2D eigenvalue weighted by Gasteiger charge is 2.22. The Morgan fingerprint density at radius 1 is 1.56 bits per heavy atom. The first-order valence-electron chi connectivity index (χ1n) is 5.56. The molecule has 1 saturated heterocycles. The molecule has 0 aromatic carbocycles. The maximum Gasteiger partial charge on any atom is 0.0988 e. The molecular formula is C11H19N3O2. The lowest BCUT2D eigenvalue weighted by molar-refractivity contribution is -0.0939. The fourth-order valence-corrected chi connectivity index (χ4v) is 1.86. The van der Waals surface area contributed by atoms with Crippen LogP contribution in [0.15, 0.2) is 12.5 Å². The molecule has 5 heteroatoms. The van der Waals surface area contributed by atoms with Crippen molar-refractivity contribution in [2.45, 2.75) is 32.0 Å². The molecule has 2 N–H and O–H groups in total.